The van der Waals surface area contributed by atoms with E-state index in [1.807, 2.05) is 24.3 Å². The summed E-state index contributed by atoms with van der Waals surface area (Å²) in [5.41, 5.74) is 6.16. The molecule has 4 nitrogen and oxygen atoms in total. The molecule has 2 aromatic rings. The first-order valence-corrected chi connectivity index (χ1v) is 5.21. The minimum absolute atomic E-state index is 0.208. The lowest BCUT2D eigenvalue weighted by Gasteiger charge is -2.18. The lowest BCUT2D eigenvalue weighted by Crippen LogP contribution is -2.47. The highest BCUT2D eigenvalue weighted by molar-refractivity contribution is 5.85. The van der Waals surface area contributed by atoms with Gasteiger partial charge in [-0.25, -0.2) is 4.79 Å². The molecular formula is C12H13FN2O2. The minimum atomic E-state index is -1.38. The molecule has 0 saturated carbocycles. The van der Waals surface area contributed by atoms with Gasteiger partial charge in [0.1, 0.15) is 5.54 Å². The topological polar surface area (TPSA) is 68.1 Å². The SMILES string of the molecule is C[C@](N)(Cc1c[nH]c2ccccc12)C(=O)OF. The van der Waals surface area contributed by atoms with Crippen LogP contribution in [-0.2, 0) is 16.2 Å². The van der Waals surface area contributed by atoms with Crippen molar-refractivity contribution in [2.45, 2.75) is 18.9 Å². The molecule has 0 bridgehead atoms. The second-order valence-electron chi connectivity index (χ2n) is 4.32. The Bertz CT molecular complexity index is 548. The van der Waals surface area contributed by atoms with Crippen LogP contribution in [0.4, 0.5) is 4.53 Å². The molecule has 0 fully saturated rings. The van der Waals surface area contributed by atoms with E-state index in [1.165, 1.54) is 6.92 Å². The summed E-state index contributed by atoms with van der Waals surface area (Å²) in [6, 6.07) is 7.62. The van der Waals surface area contributed by atoms with Crippen LogP contribution >= 0.6 is 0 Å². The van der Waals surface area contributed by atoms with Crippen molar-refractivity contribution in [3.63, 3.8) is 0 Å². The second-order valence-corrected chi connectivity index (χ2v) is 4.32. The largest absolute Gasteiger partial charge is 0.368 e. The van der Waals surface area contributed by atoms with Gasteiger partial charge in [-0.3, -0.25) is 4.94 Å². The van der Waals surface area contributed by atoms with Crippen LogP contribution in [0.5, 0.6) is 0 Å². The summed E-state index contributed by atoms with van der Waals surface area (Å²) in [5.74, 6) is -1.07. The third-order valence-corrected chi connectivity index (χ3v) is 2.77. The van der Waals surface area contributed by atoms with E-state index < -0.39 is 11.5 Å². The molecule has 0 saturated heterocycles. The molecular weight excluding hydrogens is 223 g/mol. The van der Waals surface area contributed by atoms with Gasteiger partial charge in [0.15, 0.2) is 0 Å². The number of rotatable bonds is 3. The summed E-state index contributed by atoms with van der Waals surface area (Å²) < 4.78 is 11.9. The molecule has 1 atom stereocenters. The van der Waals surface area contributed by atoms with Gasteiger partial charge >= 0.3 is 5.97 Å². The third kappa shape index (κ3) is 2.14. The van der Waals surface area contributed by atoms with Crippen LogP contribution < -0.4 is 5.73 Å². The second kappa shape index (κ2) is 4.18. The Morgan fingerprint density at radius 2 is 2.24 bits per heavy atom. The number of fused-ring (bicyclic) bond motifs is 1. The van der Waals surface area contributed by atoms with Crippen LogP contribution in [0.15, 0.2) is 30.5 Å². The van der Waals surface area contributed by atoms with E-state index in [9.17, 15) is 9.32 Å². The summed E-state index contributed by atoms with van der Waals surface area (Å²) in [6.07, 6.45) is 1.97. The Labute approximate surface area is 97.5 Å². The Hall–Kier alpha value is -1.88. The maximum atomic E-state index is 11.9. The number of hydrogen-bond donors (Lipinski definition) is 2. The van der Waals surface area contributed by atoms with Gasteiger partial charge in [0.05, 0.1) is 0 Å². The van der Waals surface area contributed by atoms with Crippen LogP contribution in [0.1, 0.15) is 12.5 Å². The van der Waals surface area contributed by atoms with Crippen LogP contribution in [0.3, 0.4) is 0 Å². The first-order chi connectivity index (χ1) is 8.04. The van der Waals surface area contributed by atoms with E-state index in [1.54, 1.807) is 6.20 Å². The fraction of sp³-hybridized carbons (Fsp3) is 0.250. The number of carbonyl (C=O) groups is 1. The molecule has 5 heteroatoms. The predicted molar refractivity (Wildman–Crippen MR) is 61.8 cm³/mol. The summed E-state index contributed by atoms with van der Waals surface area (Å²) >= 11 is 0. The number of aromatic amines is 1. The molecule has 2 rings (SSSR count). The number of carbonyl (C=O) groups excluding carboxylic acids is 1. The molecule has 0 aliphatic rings. The number of halogens is 1. The van der Waals surface area contributed by atoms with E-state index >= 15 is 0 Å². The van der Waals surface area contributed by atoms with Crippen LogP contribution in [-0.4, -0.2) is 16.5 Å². The smallest absolute Gasteiger partial charge is 0.361 e. The summed E-state index contributed by atoms with van der Waals surface area (Å²) in [4.78, 5) is 17.4. The van der Waals surface area contributed by atoms with E-state index in [-0.39, 0.29) is 6.42 Å². The third-order valence-electron chi connectivity index (χ3n) is 2.77. The highest BCUT2D eigenvalue weighted by Crippen LogP contribution is 2.22. The van der Waals surface area contributed by atoms with E-state index in [2.05, 4.69) is 9.93 Å². The average molecular weight is 236 g/mol. The summed E-state index contributed by atoms with van der Waals surface area (Å²) in [6.45, 7) is 1.44. The maximum Gasteiger partial charge on any atom is 0.368 e. The molecule has 0 spiro atoms. The number of nitrogens with two attached hydrogens (primary N) is 1. The van der Waals surface area contributed by atoms with Gasteiger partial charge in [0, 0.05) is 28.0 Å². The van der Waals surface area contributed by atoms with Crippen molar-refractivity contribution in [2.75, 3.05) is 0 Å². The standard InChI is InChI=1S/C12H13FN2O2/c1-12(14,11(16)17-13)6-8-7-15-10-5-3-2-4-9(8)10/h2-5,7,15H,6,14H2,1H3/t12-/m0/s1. The molecule has 0 aliphatic carbocycles. The number of benzene rings is 1. The van der Waals surface area contributed by atoms with Gasteiger partial charge in [-0.2, -0.15) is 0 Å². The highest BCUT2D eigenvalue weighted by Gasteiger charge is 2.32. The molecule has 0 unspecified atom stereocenters. The van der Waals surface area contributed by atoms with Gasteiger partial charge < -0.3 is 10.7 Å². The van der Waals surface area contributed by atoms with Crippen molar-refractivity contribution >= 4 is 16.9 Å². The fourth-order valence-corrected chi connectivity index (χ4v) is 1.83. The van der Waals surface area contributed by atoms with Gasteiger partial charge in [-0.05, 0) is 18.6 Å². The highest BCUT2D eigenvalue weighted by atomic mass is 19.3. The first-order valence-electron chi connectivity index (χ1n) is 5.21. The fourth-order valence-electron chi connectivity index (χ4n) is 1.83. The predicted octanol–water partition coefficient (Wildman–Crippen LogP) is 1.86. The van der Waals surface area contributed by atoms with E-state index in [0.29, 0.717) is 0 Å². The van der Waals surface area contributed by atoms with Gasteiger partial charge in [0.2, 0.25) is 0 Å². The lowest BCUT2D eigenvalue weighted by atomic mass is 9.94. The molecule has 3 N–H and O–H groups in total. The number of aromatic nitrogens is 1. The molecule has 0 amide bonds. The van der Waals surface area contributed by atoms with Crippen molar-refractivity contribution in [3.05, 3.63) is 36.0 Å². The first kappa shape index (κ1) is 11.6. The lowest BCUT2D eigenvalue weighted by molar-refractivity contribution is -0.190. The zero-order chi connectivity index (χ0) is 12.5. The van der Waals surface area contributed by atoms with Gasteiger partial charge in [0.25, 0.3) is 0 Å². The Morgan fingerprint density at radius 1 is 1.53 bits per heavy atom. The van der Waals surface area contributed by atoms with Crippen LogP contribution in [0, 0.1) is 0 Å². The average Bonchev–Trinajstić information content (AvgIpc) is 2.71. The Morgan fingerprint density at radius 3 is 2.94 bits per heavy atom. The zero-order valence-electron chi connectivity index (χ0n) is 9.37. The Kier molecular flexibility index (Phi) is 2.85. The van der Waals surface area contributed by atoms with Crippen molar-refractivity contribution in [2.24, 2.45) is 5.73 Å². The number of para-hydroxylation sites is 1. The number of H-pyrrole nitrogens is 1. The molecule has 0 radical (unpaired) electrons. The zero-order valence-corrected chi connectivity index (χ0v) is 9.37. The van der Waals surface area contributed by atoms with Crippen LogP contribution in [0.2, 0.25) is 0 Å². The summed E-state index contributed by atoms with van der Waals surface area (Å²) in [7, 11) is 0. The minimum Gasteiger partial charge on any atom is -0.361 e. The van der Waals surface area contributed by atoms with E-state index in [0.717, 1.165) is 16.5 Å². The number of nitrogens with one attached hydrogen (secondary N) is 1. The molecule has 90 valence electrons. The van der Waals surface area contributed by atoms with Crippen molar-refractivity contribution in [1.29, 1.82) is 0 Å². The van der Waals surface area contributed by atoms with Crippen LogP contribution in [0.25, 0.3) is 10.9 Å². The van der Waals surface area contributed by atoms with E-state index in [4.69, 9.17) is 5.73 Å². The maximum absolute atomic E-state index is 11.9. The quantitative estimate of drug-likeness (QED) is 0.854. The normalized spacial score (nSPS) is 14.5. The molecule has 1 aromatic carbocycles. The van der Waals surface area contributed by atoms with Crippen molar-refractivity contribution in [1.82, 2.24) is 4.98 Å². The molecule has 1 aromatic heterocycles. The van der Waals surface area contributed by atoms with Gasteiger partial charge in [-0.15, -0.1) is 0 Å². The van der Waals surface area contributed by atoms with Gasteiger partial charge in [-0.1, -0.05) is 18.2 Å². The molecule has 17 heavy (non-hydrogen) atoms. The summed E-state index contributed by atoms with van der Waals surface area (Å²) in [5, 5.41) is 0.968. The molecule has 0 aliphatic heterocycles. The molecule has 1 heterocycles. The number of hydrogen-bond acceptors (Lipinski definition) is 3. The monoisotopic (exact) mass is 236 g/mol. The van der Waals surface area contributed by atoms with Crippen molar-refractivity contribution in [3.8, 4) is 0 Å². The van der Waals surface area contributed by atoms with Crippen molar-refractivity contribution < 1.29 is 14.3 Å². The Balaban J connectivity index is 2.33.